The highest BCUT2D eigenvalue weighted by Crippen LogP contribution is 2.40. The summed E-state index contributed by atoms with van der Waals surface area (Å²) in [4.78, 5) is 47.2. The molecule has 0 aliphatic heterocycles. The van der Waals surface area contributed by atoms with Crippen LogP contribution < -0.4 is 25.8 Å². The molecule has 238 valence electrons. The number of nitrogens with two attached hydrogens (primary N) is 1. The molecule has 4 aromatic rings. The first-order valence-corrected chi connectivity index (χ1v) is 15.7. The molecular formula is C34H39N9O2S. The minimum Gasteiger partial charge on any atom is -0.382 e. The van der Waals surface area contributed by atoms with E-state index in [-0.39, 0.29) is 11.7 Å². The predicted octanol–water partition coefficient (Wildman–Crippen LogP) is 6.05. The summed E-state index contributed by atoms with van der Waals surface area (Å²) in [5.41, 5.74) is 13.1. The highest BCUT2D eigenvalue weighted by Gasteiger charge is 2.24. The fourth-order valence-electron chi connectivity index (χ4n) is 4.93. The summed E-state index contributed by atoms with van der Waals surface area (Å²) >= 11 is 1.44. The smallest absolute Gasteiger partial charge is 0.257 e. The van der Waals surface area contributed by atoms with E-state index in [2.05, 4.69) is 42.2 Å². The number of likely N-dealkylation sites (N-methyl/N-ethyl adjacent to an activating group) is 2. The lowest BCUT2D eigenvalue weighted by Gasteiger charge is -2.28. The molecule has 0 saturated heterocycles. The zero-order valence-electron chi connectivity index (χ0n) is 27.0. The van der Waals surface area contributed by atoms with Crippen LogP contribution in [-0.2, 0) is 4.79 Å². The van der Waals surface area contributed by atoms with Crippen molar-refractivity contribution in [3.63, 3.8) is 0 Å². The maximum atomic E-state index is 12.9. The van der Waals surface area contributed by atoms with Crippen LogP contribution in [0.25, 0.3) is 0 Å². The van der Waals surface area contributed by atoms with Crippen LogP contribution >= 0.6 is 11.3 Å². The summed E-state index contributed by atoms with van der Waals surface area (Å²) in [7, 11) is 7.94. The monoisotopic (exact) mass is 637 g/mol. The fraction of sp³-hybridized carbons (Fsp3) is 0.265. The van der Waals surface area contributed by atoms with E-state index >= 15 is 0 Å². The molecule has 46 heavy (non-hydrogen) atoms. The topological polar surface area (TPSA) is 124 Å². The van der Waals surface area contributed by atoms with Gasteiger partial charge in [0.15, 0.2) is 16.8 Å². The second-order valence-electron chi connectivity index (χ2n) is 11.4. The van der Waals surface area contributed by atoms with Gasteiger partial charge in [-0.1, -0.05) is 12.1 Å². The first-order chi connectivity index (χ1) is 22.1. The van der Waals surface area contributed by atoms with Gasteiger partial charge in [0.05, 0.1) is 11.4 Å². The molecule has 0 unspecified atom stereocenters. The molecule has 1 fully saturated rings. The molecule has 3 N–H and O–H groups in total. The standard InChI is InChI=1S/C34H39N9O2S/c1-22-23(2)46-34(38-22)39-33(45)25-14-16-26(17-15-25)42(6)30-31(35)36-20-37-32(30)43(21-44)28-10-7-9-27(19-28)41(5)29(24-12-13-24)11-8-18-40(3)4/h7-11,14-17,19-21H,12-13,18H2,1-6H3,(H2,35,36,37)(H,38,39,45)/b11-8+. The summed E-state index contributed by atoms with van der Waals surface area (Å²) in [6, 6.07) is 14.8. The number of hydrogen-bond acceptors (Lipinski definition) is 10. The number of hydrogen-bond donors (Lipinski definition) is 2. The summed E-state index contributed by atoms with van der Waals surface area (Å²) in [6.45, 7) is 4.72. The van der Waals surface area contributed by atoms with Crippen LogP contribution in [0.15, 0.2) is 78.3 Å². The van der Waals surface area contributed by atoms with Crippen molar-refractivity contribution in [1.82, 2.24) is 19.9 Å². The second kappa shape index (κ2) is 13.9. The van der Waals surface area contributed by atoms with Crippen LogP contribution in [0.3, 0.4) is 0 Å². The van der Waals surface area contributed by atoms with E-state index < -0.39 is 0 Å². The van der Waals surface area contributed by atoms with Crippen molar-refractivity contribution in [2.45, 2.75) is 26.7 Å². The van der Waals surface area contributed by atoms with Crippen molar-refractivity contribution < 1.29 is 9.59 Å². The molecule has 0 atom stereocenters. The van der Waals surface area contributed by atoms with Gasteiger partial charge in [-0.2, -0.15) is 0 Å². The van der Waals surface area contributed by atoms with Gasteiger partial charge < -0.3 is 20.4 Å². The zero-order chi connectivity index (χ0) is 33.0. The molecular weight excluding hydrogens is 599 g/mol. The average Bonchev–Trinajstić information content (AvgIpc) is 3.83. The van der Waals surface area contributed by atoms with E-state index in [9.17, 15) is 9.59 Å². The third-order valence-corrected chi connectivity index (χ3v) is 8.72. The number of nitrogens with one attached hydrogen (secondary N) is 1. The Morgan fingerprint density at radius 2 is 1.72 bits per heavy atom. The molecule has 1 aliphatic carbocycles. The maximum absolute atomic E-state index is 12.9. The Labute approximate surface area is 273 Å². The van der Waals surface area contributed by atoms with Crippen LogP contribution in [-0.4, -0.2) is 66.9 Å². The van der Waals surface area contributed by atoms with Gasteiger partial charge in [0.1, 0.15) is 12.0 Å². The van der Waals surface area contributed by atoms with Gasteiger partial charge in [0.2, 0.25) is 6.41 Å². The lowest BCUT2D eigenvalue weighted by molar-refractivity contribution is -0.106. The largest absolute Gasteiger partial charge is 0.382 e. The number of aromatic nitrogens is 3. The number of nitrogen functional groups attached to an aromatic ring is 1. The summed E-state index contributed by atoms with van der Waals surface area (Å²) in [6.07, 6.45) is 8.56. The molecule has 11 nitrogen and oxygen atoms in total. The second-order valence-corrected chi connectivity index (χ2v) is 12.6. The summed E-state index contributed by atoms with van der Waals surface area (Å²) in [5.74, 6) is 0.278. The number of benzene rings is 2. The van der Waals surface area contributed by atoms with E-state index in [0.29, 0.717) is 27.9 Å². The predicted molar refractivity (Wildman–Crippen MR) is 187 cm³/mol. The van der Waals surface area contributed by atoms with Gasteiger partial charge in [0, 0.05) is 48.2 Å². The SMILES string of the molecule is Cc1nc(NC(=O)c2ccc(N(C)c3c(N)ncnc3N(C=O)c3cccc(N(C)C(/C=C/CN(C)C)=C4CC4)c3)cc2)sc1C. The van der Waals surface area contributed by atoms with E-state index in [0.717, 1.165) is 53.4 Å². The van der Waals surface area contributed by atoms with Crippen molar-refractivity contribution in [3.8, 4) is 0 Å². The first kappa shape index (κ1) is 32.3. The number of thiazole rings is 1. The van der Waals surface area contributed by atoms with Crippen molar-refractivity contribution >= 4 is 63.2 Å². The van der Waals surface area contributed by atoms with Gasteiger partial charge in [-0.25, -0.2) is 15.0 Å². The van der Waals surface area contributed by atoms with E-state index in [1.54, 1.807) is 29.2 Å². The molecule has 12 heteroatoms. The zero-order valence-corrected chi connectivity index (χ0v) is 27.8. The van der Waals surface area contributed by atoms with Gasteiger partial charge >= 0.3 is 0 Å². The van der Waals surface area contributed by atoms with Gasteiger partial charge in [-0.3, -0.25) is 19.8 Å². The number of nitrogens with zero attached hydrogens (tertiary/aromatic N) is 7. The summed E-state index contributed by atoms with van der Waals surface area (Å²) in [5, 5.41) is 3.42. The Hall–Kier alpha value is -5.07. The van der Waals surface area contributed by atoms with Crippen molar-refractivity contribution in [2.75, 3.05) is 60.5 Å². The van der Waals surface area contributed by atoms with Crippen LogP contribution in [0.2, 0.25) is 0 Å². The highest BCUT2D eigenvalue weighted by molar-refractivity contribution is 7.15. The molecule has 2 aromatic carbocycles. The normalized spacial score (nSPS) is 12.4. The number of aryl methyl sites for hydroxylation is 2. The van der Waals surface area contributed by atoms with Crippen molar-refractivity contribution in [2.24, 2.45) is 0 Å². The van der Waals surface area contributed by atoms with Gasteiger partial charge in [-0.05, 0) is 94.9 Å². The Bertz CT molecular complexity index is 1770. The molecule has 5 rings (SSSR count). The van der Waals surface area contributed by atoms with E-state index in [1.807, 2.05) is 66.3 Å². The quantitative estimate of drug-likeness (QED) is 0.179. The number of carbonyl (C=O) groups is 2. The third kappa shape index (κ3) is 7.24. The number of allylic oxidation sites excluding steroid dienone is 2. The number of rotatable bonds is 12. The Kier molecular flexibility index (Phi) is 9.78. The number of anilines is 7. The highest BCUT2D eigenvalue weighted by atomic mass is 32.1. The molecule has 1 saturated carbocycles. The first-order valence-electron chi connectivity index (χ1n) is 14.9. The van der Waals surface area contributed by atoms with Gasteiger partial charge in [-0.15, -0.1) is 11.3 Å². The van der Waals surface area contributed by atoms with Crippen LogP contribution in [0.1, 0.15) is 33.8 Å². The molecule has 2 heterocycles. The third-order valence-electron chi connectivity index (χ3n) is 7.73. The van der Waals surface area contributed by atoms with Crippen molar-refractivity contribution in [1.29, 1.82) is 0 Å². The number of carbonyl (C=O) groups excluding carboxylic acids is 2. The molecule has 2 amide bonds. The maximum Gasteiger partial charge on any atom is 0.257 e. The Morgan fingerprint density at radius 3 is 2.35 bits per heavy atom. The Morgan fingerprint density at radius 1 is 1.00 bits per heavy atom. The minimum atomic E-state index is -0.253. The fourth-order valence-corrected chi connectivity index (χ4v) is 5.74. The molecule has 0 spiro atoms. The van der Waals surface area contributed by atoms with E-state index in [1.165, 1.54) is 28.1 Å². The average molecular weight is 638 g/mol. The van der Waals surface area contributed by atoms with Crippen molar-refractivity contribution in [3.05, 3.63) is 94.4 Å². The molecule has 1 aliphatic rings. The van der Waals surface area contributed by atoms with Crippen LogP contribution in [0.4, 0.5) is 39.5 Å². The molecule has 2 aromatic heterocycles. The van der Waals surface area contributed by atoms with Crippen LogP contribution in [0.5, 0.6) is 0 Å². The minimum absolute atomic E-state index is 0.204. The number of amides is 2. The Balaban J connectivity index is 1.41. The molecule has 0 bridgehead atoms. The lowest BCUT2D eigenvalue weighted by atomic mass is 10.1. The lowest BCUT2D eigenvalue weighted by Crippen LogP contribution is -2.23. The van der Waals surface area contributed by atoms with Crippen LogP contribution in [0, 0.1) is 13.8 Å². The summed E-state index contributed by atoms with van der Waals surface area (Å²) < 4.78 is 0. The van der Waals surface area contributed by atoms with E-state index in [4.69, 9.17) is 5.73 Å². The van der Waals surface area contributed by atoms with Gasteiger partial charge in [0.25, 0.3) is 5.91 Å². The molecule has 0 radical (unpaired) electrons.